The molecular formula is C12H24N2O. The summed E-state index contributed by atoms with van der Waals surface area (Å²) >= 11 is 0. The van der Waals surface area contributed by atoms with E-state index in [4.69, 9.17) is 15.7 Å². The highest BCUT2D eigenvalue weighted by atomic mass is 16.5. The fourth-order valence-electron chi connectivity index (χ4n) is 1.47. The summed E-state index contributed by atoms with van der Waals surface area (Å²) in [5, 5.41) is 8.86. The maximum Gasteiger partial charge on any atom is 0.104 e. The second-order valence-corrected chi connectivity index (χ2v) is 4.20. The van der Waals surface area contributed by atoms with Gasteiger partial charge in [0.1, 0.15) is 5.54 Å². The number of nitrogens with zero attached hydrogens (tertiary/aromatic N) is 1. The molecule has 2 atom stereocenters. The van der Waals surface area contributed by atoms with Gasteiger partial charge in [0.15, 0.2) is 0 Å². The van der Waals surface area contributed by atoms with Gasteiger partial charge in [0.05, 0.1) is 12.2 Å². The van der Waals surface area contributed by atoms with Crippen LogP contribution in [0.2, 0.25) is 0 Å². The van der Waals surface area contributed by atoms with Gasteiger partial charge >= 0.3 is 0 Å². The zero-order valence-corrected chi connectivity index (χ0v) is 10.3. The molecule has 0 saturated heterocycles. The van der Waals surface area contributed by atoms with Crippen molar-refractivity contribution in [3.63, 3.8) is 0 Å². The van der Waals surface area contributed by atoms with Crippen LogP contribution in [0.15, 0.2) is 0 Å². The molecule has 3 heteroatoms. The van der Waals surface area contributed by atoms with Crippen LogP contribution in [0.4, 0.5) is 0 Å². The van der Waals surface area contributed by atoms with E-state index in [1.54, 1.807) is 0 Å². The molecule has 88 valence electrons. The van der Waals surface area contributed by atoms with Gasteiger partial charge in [-0.2, -0.15) is 5.26 Å². The number of hydrogen-bond acceptors (Lipinski definition) is 3. The van der Waals surface area contributed by atoms with Crippen LogP contribution in [0.3, 0.4) is 0 Å². The van der Waals surface area contributed by atoms with Gasteiger partial charge in [0, 0.05) is 6.61 Å². The number of nitrogens with two attached hydrogens (primary N) is 1. The number of rotatable bonds is 8. The van der Waals surface area contributed by atoms with Gasteiger partial charge in [-0.15, -0.1) is 0 Å². The summed E-state index contributed by atoms with van der Waals surface area (Å²) in [4.78, 5) is 0. The third kappa shape index (κ3) is 6.48. The minimum atomic E-state index is -0.655. The first-order valence-corrected chi connectivity index (χ1v) is 5.89. The Morgan fingerprint density at radius 3 is 2.60 bits per heavy atom. The molecular weight excluding hydrogens is 188 g/mol. The highest BCUT2D eigenvalue weighted by molar-refractivity contribution is 5.03. The molecule has 0 radical (unpaired) electrons. The topological polar surface area (TPSA) is 59.0 Å². The van der Waals surface area contributed by atoms with Crippen molar-refractivity contribution in [1.82, 2.24) is 0 Å². The van der Waals surface area contributed by atoms with Crippen LogP contribution in [0.1, 0.15) is 52.9 Å². The van der Waals surface area contributed by atoms with Crippen LogP contribution < -0.4 is 5.73 Å². The van der Waals surface area contributed by atoms with Crippen molar-refractivity contribution in [2.45, 2.75) is 64.5 Å². The minimum absolute atomic E-state index is 0.325. The highest BCUT2D eigenvalue weighted by Gasteiger charge is 2.20. The molecule has 0 bridgehead atoms. The lowest BCUT2D eigenvalue weighted by atomic mass is 9.94. The predicted octanol–water partition coefficient (Wildman–Crippen LogP) is 2.60. The quantitative estimate of drug-likeness (QED) is 0.629. The Labute approximate surface area is 93.6 Å². The molecule has 15 heavy (non-hydrogen) atoms. The summed E-state index contributed by atoms with van der Waals surface area (Å²) in [6.45, 7) is 6.90. The van der Waals surface area contributed by atoms with E-state index in [1.807, 2.05) is 6.92 Å². The van der Waals surface area contributed by atoms with Crippen LogP contribution in [0.5, 0.6) is 0 Å². The molecule has 3 nitrogen and oxygen atoms in total. The normalized spacial score (nSPS) is 16.7. The maximum absolute atomic E-state index is 8.86. The van der Waals surface area contributed by atoms with Gasteiger partial charge < -0.3 is 10.5 Å². The van der Waals surface area contributed by atoms with E-state index in [9.17, 15) is 0 Å². The van der Waals surface area contributed by atoms with E-state index >= 15 is 0 Å². The van der Waals surface area contributed by atoms with Crippen molar-refractivity contribution < 1.29 is 4.74 Å². The third-order valence-electron chi connectivity index (χ3n) is 2.72. The summed E-state index contributed by atoms with van der Waals surface area (Å²) in [6, 6.07) is 2.16. The molecule has 0 heterocycles. The molecule has 0 fully saturated rings. The van der Waals surface area contributed by atoms with Crippen LogP contribution in [-0.2, 0) is 4.74 Å². The minimum Gasteiger partial charge on any atom is -0.379 e. The molecule has 0 aliphatic carbocycles. The van der Waals surface area contributed by atoms with E-state index in [-0.39, 0.29) is 0 Å². The molecule has 0 aromatic heterocycles. The molecule has 2 unspecified atom stereocenters. The molecule has 2 N–H and O–H groups in total. The van der Waals surface area contributed by atoms with E-state index in [0.717, 1.165) is 25.7 Å². The lowest BCUT2D eigenvalue weighted by Crippen LogP contribution is -2.37. The van der Waals surface area contributed by atoms with E-state index in [1.165, 1.54) is 0 Å². The van der Waals surface area contributed by atoms with Crippen LogP contribution >= 0.6 is 0 Å². The van der Waals surface area contributed by atoms with Crippen molar-refractivity contribution in [3.05, 3.63) is 0 Å². The van der Waals surface area contributed by atoms with Gasteiger partial charge in [-0.3, -0.25) is 0 Å². The molecule has 0 aliphatic rings. The van der Waals surface area contributed by atoms with E-state index in [2.05, 4.69) is 19.9 Å². The Bertz CT molecular complexity index is 200. The molecule has 0 spiro atoms. The number of nitriles is 1. The summed E-state index contributed by atoms with van der Waals surface area (Å²) < 4.78 is 5.60. The second-order valence-electron chi connectivity index (χ2n) is 4.20. The number of ether oxygens (including phenoxy) is 1. The summed E-state index contributed by atoms with van der Waals surface area (Å²) in [6.07, 6.45) is 4.86. The lowest BCUT2D eigenvalue weighted by molar-refractivity contribution is 0.0554. The molecule has 0 aliphatic heterocycles. The Kier molecular flexibility index (Phi) is 7.37. The Morgan fingerprint density at radius 2 is 2.13 bits per heavy atom. The van der Waals surface area contributed by atoms with Gasteiger partial charge in [-0.1, -0.05) is 20.3 Å². The zero-order chi connectivity index (χ0) is 11.7. The summed E-state index contributed by atoms with van der Waals surface area (Å²) in [5.74, 6) is 0. The first-order valence-electron chi connectivity index (χ1n) is 5.89. The molecule has 0 rings (SSSR count). The van der Waals surface area contributed by atoms with Gasteiger partial charge in [0.2, 0.25) is 0 Å². The highest BCUT2D eigenvalue weighted by Crippen LogP contribution is 2.13. The standard InChI is InChI=1S/C12H24N2O/c1-4-7-11(3)15-9-6-8-12(14,5-2)10-13/h11H,4-9,14H2,1-3H3. The average molecular weight is 212 g/mol. The second kappa shape index (κ2) is 7.67. The number of hydrogen-bond donors (Lipinski definition) is 1. The van der Waals surface area contributed by atoms with Gasteiger partial charge in [0.25, 0.3) is 0 Å². The average Bonchev–Trinajstić information content (AvgIpc) is 2.24. The van der Waals surface area contributed by atoms with E-state index < -0.39 is 5.54 Å². The summed E-state index contributed by atoms with van der Waals surface area (Å²) in [5.41, 5.74) is 5.20. The fraction of sp³-hybridized carbons (Fsp3) is 0.917. The zero-order valence-electron chi connectivity index (χ0n) is 10.3. The SMILES string of the molecule is CCCC(C)OCCCC(N)(C#N)CC. The first-order chi connectivity index (χ1) is 7.08. The Hall–Kier alpha value is -0.590. The predicted molar refractivity (Wildman–Crippen MR) is 62.4 cm³/mol. The smallest absolute Gasteiger partial charge is 0.104 e. The van der Waals surface area contributed by atoms with Gasteiger partial charge in [-0.05, 0) is 32.6 Å². The Balaban J connectivity index is 3.58. The van der Waals surface area contributed by atoms with E-state index in [0.29, 0.717) is 19.1 Å². The van der Waals surface area contributed by atoms with Crippen molar-refractivity contribution >= 4 is 0 Å². The Morgan fingerprint density at radius 1 is 1.47 bits per heavy atom. The molecule has 0 saturated carbocycles. The molecule has 0 amide bonds. The van der Waals surface area contributed by atoms with Crippen molar-refractivity contribution in [2.24, 2.45) is 5.73 Å². The van der Waals surface area contributed by atoms with Crippen LogP contribution in [0, 0.1) is 11.3 Å². The third-order valence-corrected chi connectivity index (χ3v) is 2.72. The maximum atomic E-state index is 8.86. The monoisotopic (exact) mass is 212 g/mol. The largest absolute Gasteiger partial charge is 0.379 e. The summed E-state index contributed by atoms with van der Waals surface area (Å²) in [7, 11) is 0. The van der Waals surface area contributed by atoms with Gasteiger partial charge in [-0.25, -0.2) is 0 Å². The fourth-order valence-corrected chi connectivity index (χ4v) is 1.47. The first kappa shape index (κ1) is 14.4. The van der Waals surface area contributed by atoms with Crippen LogP contribution in [-0.4, -0.2) is 18.2 Å². The lowest BCUT2D eigenvalue weighted by Gasteiger charge is -2.19. The molecule has 0 aromatic carbocycles. The van der Waals surface area contributed by atoms with Crippen LogP contribution in [0.25, 0.3) is 0 Å². The van der Waals surface area contributed by atoms with Crippen molar-refractivity contribution in [2.75, 3.05) is 6.61 Å². The van der Waals surface area contributed by atoms with Crippen molar-refractivity contribution in [3.8, 4) is 6.07 Å². The van der Waals surface area contributed by atoms with Crippen molar-refractivity contribution in [1.29, 1.82) is 5.26 Å². The molecule has 0 aromatic rings.